The molecule has 2 nitrogen and oxygen atoms in total. The first-order valence-corrected chi connectivity index (χ1v) is 6.20. The van der Waals surface area contributed by atoms with Crippen LogP contribution in [0.4, 0.5) is 0 Å². The van der Waals surface area contributed by atoms with Crippen LogP contribution in [0.2, 0.25) is 0 Å². The standard InChI is InChI=1S/C12H25NO/c1-2-3-4-6-11(13)8-9-12-7-5-10-14-12/h11-12H,2-10,13H2,1H3. The number of hydrogen-bond donors (Lipinski definition) is 1. The zero-order valence-electron chi connectivity index (χ0n) is 9.50. The van der Waals surface area contributed by atoms with Crippen LogP contribution in [0.3, 0.4) is 0 Å². The van der Waals surface area contributed by atoms with Gasteiger partial charge in [0.1, 0.15) is 0 Å². The van der Waals surface area contributed by atoms with E-state index in [1.54, 1.807) is 0 Å². The predicted molar refractivity (Wildman–Crippen MR) is 60.3 cm³/mol. The zero-order chi connectivity index (χ0) is 10.2. The smallest absolute Gasteiger partial charge is 0.0576 e. The molecule has 2 heteroatoms. The Hall–Kier alpha value is -0.0800. The lowest BCUT2D eigenvalue weighted by Gasteiger charge is -2.14. The van der Waals surface area contributed by atoms with Gasteiger partial charge in [0.15, 0.2) is 0 Å². The summed E-state index contributed by atoms with van der Waals surface area (Å²) in [6.45, 7) is 3.20. The van der Waals surface area contributed by atoms with Crippen LogP contribution in [0.25, 0.3) is 0 Å². The Morgan fingerprint density at radius 1 is 1.36 bits per heavy atom. The van der Waals surface area contributed by atoms with Gasteiger partial charge >= 0.3 is 0 Å². The van der Waals surface area contributed by atoms with E-state index < -0.39 is 0 Å². The van der Waals surface area contributed by atoms with E-state index in [4.69, 9.17) is 10.5 Å². The van der Waals surface area contributed by atoms with Gasteiger partial charge in [-0.3, -0.25) is 0 Å². The van der Waals surface area contributed by atoms with Crippen LogP contribution < -0.4 is 5.73 Å². The van der Waals surface area contributed by atoms with Crippen molar-refractivity contribution in [1.29, 1.82) is 0 Å². The van der Waals surface area contributed by atoms with Crippen molar-refractivity contribution in [3.8, 4) is 0 Å². The highest BCUT2D eigenvalue weighted by molar-refractivity contribution is 4.69. The Labute approximate surface area is 88.2 Å². The van der Waals surface area contributed by atoms with E-state index in [1.807, 2.05) is 0 Å². The monoisotopic (exact) mass is 199 g/mol. The SMILES string of the molecule is CCCCCC(N)CCC1CCCO1. The van der Waals surface area contributed by atoms with Crippen molar-refractivity contribution < 1.29 is 4.74 Å². The minimum atomic E-state index is 0.408. The van der Waals surface area contributed by atoms with Crippen LogP contribution in [-0.4, -0.2) is 18.8 Å². The fraction of sp³-hybridized carbons (Fsp3) is 1.00. The highest BCUT2D eigenvalue weighted by Gasteiger charge is 2.16. The van der Waals surface area contributed by atoms with Crippen molar-refractivity contribution >= 4 is 0 Å². The fourth-order valence-electron chi connectivity index (χ4n) is 2.07. The number of hydrogen-bond acceptors (Lipinski definition) is 2. The molecule has 84 valence electrons. The van der Waals surface area contributed by atoms with E-state index in [9.17, 15) is 0 Å². The van der Waals surface area contributed by atoms with E-state index in [0.717, 1.165) is 13.0 Å². The van der Waals surface area contributed by atoms with E-state index >= 15 is 0 Å². The molecular weight excluding hydrogens is 174 g/mol. The highest BCUT2D eigenvalue weighted by atomic mass is 16.5. The average molecular weight is 199 g/mol. The lowest BCUT2D eigenvalue weighted by Crippen LogP contribution is -2.21. The molecule has 1 fully saturated rings. The first-order chi connectivity index (χ1) is 6.83. The van der Waals surface area contributed by atoms with E-state index in [-0.39, 0.29) is 0 Å². The Bertz CT molecular complexity index is 132. The molecule has 14 heavy (non-hydrogen) atoms. The molecule has 1 saturated heterocycles. The topological polar surface area (TPSA) is 35.2 Å². The summed E-state index contributed by atoms with van der Waals surface area (Å²) in [5.41, 5.74) is 6.04. The van der Waals surface area contributed by atoms with Gasteiger partial charge in [-0.15, -0.1) is 0 Å². The molecule has 0 spiro atoms. The maximum Gasteiger partial charge on any atom is 0.0576 e. The van der Waals surface area contributed by atoms with Gasteiger partial charge in [-0.1, -0.05) is 26.2 Å². The van der Waals surface area contributed by atoms with Crippen LogP contribution in [0.15, 0.2) is 0 Å². The van der Waals surface area contributed by atoms with Gasteiger partial charge in [-0.05, 0) is 32.1 Å². The fourth-order valence-corrected chi connectivity index (χ4v) is 2.07. The van der Waals surface area contributed by atoms with Gasteiger partial charge in [0.2, 0.25) is 0 Å². The predicted octanol–water partition coefficient (Wildman–Crippen LogP) is 2.85. The van der Waals surface area contributed by atoms with Gasteiger partial charge in [-0.2, -0.15) is 0 Å². The van der Waals surface area contributed by atoms with Gasteiger partial charge in [0, 0.05) is 12.6 Å². The Kier molecular flexibility index (Phi) is 6.20. The molecule has 0 amide bonds. The molecule has 0 aromatic carbocycles. The lowest BCUT2D eigenvalue weighted by atomic mass is 10.0. The van der Waals surface area contributed by atoms with Crippen LogP contribution in [0.1, 0.15) is 58.3 Å². The van der Waals surface area contributed by atoms with Gasteiger partial charge in [-0.25, -0.2) is 0 Å². The summed E-state index contributed by atoms with van der Waals surface area (Å²) in [4.78, 5) is 0. The number of ether oxygens (including phenoxy) is 1. The van der Waals surface area contributed by atoms with Gasteiger partial charge < -0.3 is 10.5 Å². The van der Waals surface area contributed by atoms with Crippen LogP contribution in [0.5, 0.6) is 0 Å². The molecule has 0 aromatic rings. The minimum Gasteiger partial charge on any atom is -0.378 e. The molecule has 2 unspecified atom stereocenters. The maximum absolute atomic E-state index is 6.04. The Morgan fingerprint density at radius 3 is 2.86 bits per heavy atom. The summed E-state index contributed by atoms with van der Waals surface area (Å²) >= 11 is 0. The van der Waals surface area contributed by atoms with Crippen molar-refractivity contribution in [3.05, 3.63) is 0 Å². The second kappa shape index (κ2) is 7.24. The lowest BCUT2D eigenvalue weighted by molar-refractivity contribution is 0.100. The molecular formula is C12H25NO. The maximum atomic E-state index is 6.04. The van der Waals surface area contributed by atoms with Crippen molar-refractivity contribution in [2.24, 2.45) is 5.73 Å². The average Bonchev–Trinajstić information content (AvgIpc) is 2.68. The summed E-state index contributed by atoms with van der Waals surface area (Å²) in [5, 5.41) is 0. The third-order valence-corrected chi connectivity index (χ3v) is 3.06. The number of nitrogens with two attached hydrogens (primary N) is 1. The second-order valence-electron chi connectivity index (χ2n) is 4.47. The Balaban J connectivity index is 1.93. The van der Waals surface area contributed by atoms with Crippen molar-refractivity contribution in [3.63, 3.8) is 0 Å². The van der Waals surface area contributed by atoms with Crippen molar-refractivity contribution in [2.75, 3.05) is 6.61 Å². The molecule has 0 bridgehead atoms. The third kappa shape index (κ3) is 4.97. The molecule has 1 heterocycles. The molecule has 1 aliphatic rings. The first kappa shape index (κ1) is 12.0. The third-order valence-electron chi connectivity index (χ3n) is 3.06. The minimum absolute atomic E-state index is 0.408. The molecule has 0 saturated carbocycles. The molecule has 0 aliphatic carbocycles. The molecule has 1 aliphatic heterocycles. The number of rotatable bonds is 7. The summed E-state index contributed by atoms with van der Waals surface area (Å²) in [5.74, 6) is 0. The summed E-state index contributed by atoms with van der Waals surface area (Å²) < 4.78 is 5.57. The van der Waals surface area contributed by atoms with Gasteiger partial charge in [0.05, 0.1) is 6.10 Å². The van der Waals surface area contributed by atoms with Crippen LogP contribution in [-0.2, 0) is 4.74 Å². The quantitative estimate of drug-likeness (QED) is 0.640. The van der Waals surface area contributed by atoms with Crippen molar-refractivity contribution in [2.45, 2.75) is 70.4 Å². The Morgan fingerprint density at radius 2 is 2.21 bits per heavy atom. The molecule has 1 rings (SSSR count). The molecule has 0 aromatic heterocycles. The normalized spacial score (nSPS) is 24.0. The summed E-state index contributed by atoms with van der Waals surface area (Å²) in [6.07, 6.45) is 10.4. The van der Waals surface area contributed by atoms with Crippen molar-refractivity contribution in [1.82, 2.24) is 0 Å². The number of unbranched alkanes of at least 4 members (excludes halogenated alkanes) is 2. The van der Waals surface area contributed by atoms with E-state index in [0.29, 0.717) is 12.1 Å². The highest BCUT2D eigenvalue weighted by Crippen LogP contribution is 2.18. The largest absolute Gasteiger partial charge is 0.378 e. The second-order valence-corrected chi connectivity index (χ2v) is 4.47. The molecule has 2 atom stereocenters. The summed E-state index contributed by atoms with van der Waals surface area (Å²) in [7, 11) is 0. The first-order valence-electron chi connectivity index (χ1n) is 6.20. The zero-order valence-corrected chi connectivity index (χ0v) is 9.50. The molecule has 2 N–H and O–H groups in total. The van der Waals surface area contributed by atoms with Gasteiger partial charge in [0.25, 0.3) is 0 Å². The summed E-state index contributed by atoms with van der Waals surface area (Å²) in [6, 6.07) is 0.408. The van der Waals surface area contributed by atoms with Crippen LogP contribution >= 0.6 is 0 Å². The van der Waals surface area contributed by atoms with E-state index in [2.05, 4.69) is 6.92 Å². The molecule has 0 radical (unpaired) electrons. The van der Waals surface area contributed by atoms with Crippen LogP contribution in [0, 0.1) is 0 Å². The van der Waals surface area contributed by atoms with E-state index in [1.165, 1.54) is 44.9 Å².